The van der Waals surface area contributed by atoms with Gasteiger partial charge in [-0.2, -0.15) is 0 Å². The maximum atomic E-state index is 11.7. The Balaban J connectivity index is 2.49. The third kappa shape index (κ3) is 3.47. The van der Waals surface area contributed by atoms with E-state index in [9.17, 15) is 4.21 Å². The van der Waals surface area contributed by atoms with Gasteiger partial charge in [-0.05, 0) is 12.8 Å². The highest BCUT2D eigenvalue weighted by molar-refractivity contribution is 8.04. The summed E-state index contributed by atoms with van der Waals surface area (Å²) in [6.07, 6.45) is 5.48. The molecule has 1 rings (SSSR count). The number of nitrogens with two attached hydrogens (primary N) is 2. The lowest BCUT2D eigenvalue weighted by atomic mass is 10.2. The second-order valence-electron chi connectivity index (χ2n) is 3.25. The largest absolute Gasteiger partial charge is 0.370 e. The van der Waals surface area contributed by atoms with E-state index in [1.54, 1.807) is 0 Å². The van der Waals surface area contributed by atoms with Crippen molar-refractivity contribution >= 4 is 21.8 Å². The Morgan fingerprint density at radius 2 is 2.27 bits per heavy atom. The van der Waals surface area contributed by atoms with E-state index in [-0.39, 0.29) is 5.96 Å². The summed E-state index contributed by atoms with van der Waals surface area (Å²) in [6.45, 7) is 2.12. The number of nitrogens with zero attached hydrogens (tertiary/aromatic N) is 2. The maximum Gasteiger partial charge on any atom is 0.191 e. The molecule has 0 aromatic heterocycles. The zero-order valence-corrected chi connectivity index (χ0v) is 9.59. The van der Waals surface area contributed by atoms with Gasteiger partial charge in [-0.25, -0.2) is 14.2 Å². The van der Waals surface area contributed by atoms with Crippen LogP contribution in [0.15, 0.2) is 21.2 Å². The molecule has 0 saturated carbocycles. The number of rotatable bonds is 5. The van der Waals surface area contributed by atoms with E-state index < -0.39 is 10.8 Å². The van der Waals surface area contributed by atoms with Gasteiger partial charge in [0.2, 0.25) is 0 Å². The lowest BCUT2D eigenvalue weighted by molar-refractivity contribution is 0.691. The summed E-state index contributed by atoms with van der Waals surface area (Å²) < 4.78 is 11.7. The predicted molar refractivity (Wildman–Crippen MR) is 63.6 cm³/mol. The standard InChI is InChI=1S/C9H16N4OS/c1-2-3-4-5-7-12-6-8(15(7)14)13-9(10)11/h6H,2-5H2,1H3,(H4,10,11,13). The molecule has 5 nitrogen and oxygen atoms in total. The fraction of sp³-hybridized carbons (Fsp3) is 0.556. The highest BCUT2D eigenvalue weighted by atomic mass is 32.2. The van der Waals surface area contributed by atoms with Crippen LogP contribution in [0.1, 0.15) is 32.6 Å². The van der Waals surface area contributed by atoms with Gasteiger partial charge in [0.15, 0.2) is 11.0 Å². The zero-order chi connectivity index (χ0) is 11.3. The molecule has 0 aliphatic carbocycles. The first-order valence-corrected chi connectivity index (χ1v) is 6.08. The summed E-state index contributed by atoms with van der Waals surface area (Å²) in [5.74, 6) is -0.0837. The Morgan fingerprint density at radius 3 is 2.87 bits per heavy atom. The van der Waals surface area contributed by atoms with Crippen LogP contribution in [-0.2, 0) is 10.8 Å². The Labute approximate surface area is 91.8 Å². The van der Waals surface area contributed by atoms with Gasteiger partial charge >= 0.3 is 0 Å². The fourth-order valence-electron chi connectivity index (χ4n) is 1.22. The van der Waals surface area contributed by atoms with Gasteiger partial charge in [-0.1, -0.05) is 19.8 Å². The number of hydrogen-bond donors (Lipinski definition) is 2. The van der Waals surface area contributed by atoms with Gasteiger partial charge in [0, 0.05) is 0 Å². The minimum absolute atomic E-state index is 0.0837. The molecule has 0 saturated heterocycles. The summed E-state index contributed by atoms with van der Waals surface area (Å²) in [5, 5.41) is 1.02. The first-order valence-electron chi connectivity index (χ1n) is 4.93. The molecule has 0 amide bonds. The fourth-order valence-corrected chi connectivity index (χ4v) is 2.28. The molecule has 6 heteroatoms. The lowest BCUT2D eigenvalue weighted by Crippen LogP contribution is -2.23. The Hall–Kier alpha value is -1.17. The van der Waals surface area contributed by atoms with Crippen LogP contribution in [0.2, 0.25) is 0 Å². The Morgan fingerprint density at radius 1 is 1.53 bits per heavy atom. The average molecular weight is 228 g/mol. The quantitative estimate of drug-likeness (QED) is 0.414. The van der Waals surface area contributed by atoms with Crippen molar-refractivity contribution in [1.82, 2.24) is 0 Å². The number of guanidine groups is 1. The topological polar surface area (TPSA) is 93.8 Å². The summed E-state index contributed by atoms with van der Waals surface area (Å²) in [5.41, 5.74) is 10.4. The zero-order valence-electron chi connectivity index (χ0n) is 8.77. The van der Waals surface area contributed by atoms with Gasteiger partial charge in [-0.15, -0.1) is 0 Å². The van der Waals surface area contributed by atoms with Crippen molar-refractivity contribution in [3.05, 3.63) is 11.2 Å². The molecule has 1 atom stereocenters. The summed E-state index contributed by atoms with van der Waals surface area (Å²) in [6, 6.07) is 0. The van der Waals surface area contributed by atoms with Gasteiger partial charge in [0.1, 0.15) is 15.8 Å². The number of aliphatic imine (C=N–C) groups is 2. The monoisotopic (exact) mass is 228 g/mol. The van der Waals surface area contributed by atoms with E-state index >= 15 is 0 Å². The van der Waals surface area contributed by atoms with Crippen molar-refractivity contribution in [1.29, 1.82) is 0 Å². The molecule has 84 valence electrons. The third-order valence-electron chi connectivity index (χ3n) is 1.96. The third-order valence-corrected chi connectivity index (χ3v) is 3.27. The highest BCUT2D eigenvalue weighted by Crippen LogP contribution is 2.17. The molecule has 0 bridgehead atoms. The maximum absolute atomic E-state index is 11.7. The van der Waals surface area contributed by atoms with Gasteiger partial charge in [-0.3, -0.25) is 0 Å². The van der Waals surface area contributed by atoms with Crippen molar-refractivity contribution < 1.29 is 4.21 Å². The minimum Gasteiger partial charge on any atom is -0.370 e. The van der Waals surface area contributed by atoms with E-state index in [4.69, 9.17) is 11.5 Å². The molecule has 0 fully saturated rings. The van der Waals surface area contributed by atoms with Crippen molar-refractivity contribution in [2.24, 2.45) is 21.5 Å². The van der Waals surface area contributed by atoms with Crippen LogP contribution in [0.3, 0.4) is 0 Å². The first-order chi connectivity index (χ1) is 7.15. The Kier molecular flexibility index (Phi) is 4.48. The van der Waals surface area contributed by atoms with Crippen LogP contribution in [0.4, 0.5) is 0 Å². The molecule has 1 unspecified atom stereocenters. The minimum atomic E-state index is -1.26. The van der Waals surface area contributed by atoms with Crippen LogP contribution in [0.25, 0.3) is 0 Å². The summed E-state index contributed by atoms with van der Waals surface area (Å²) in [7, 11) is -1.26. The molecular formula is C9H16N4OS. The van der Waals surface area contributed by atoms with Crippen molar-refractivity contribution in [2.75, 3.05) is 0 Å². The predicted octanol–water partition coefficient (Wildman–Crippen LogP) is 0.800. The van der Waals surface area contributed by atoms with E-state index in [0.29, 0.717) is 10.1 Å². The molecule has 15 heavy (non-hydrogen) atoms. The van der Waals surface area contributed by atoms with Crippen LogP contribution in [-0.4, -0.2) is 15.2 Å². The molecule has 0 radical (unpaired) electrons. The molecule has 1 heterocycles. The molecule has 1 aliphatic heterocycles. The van der Waals surface area contributed by atoms with Crippen LogP contribution in [0.5, 0.6) is 0 Å². The molecular weight excluding hydrogens is 212 g/mol. The van der Waals surface area contributed by atoms with Crippen molar-refractivity contribution in [3.8, 4) is 0 Å². The van der Waals surface area contributed by atoms with Crippen LogP contribution >= 0.6 is 0 Å². The SMILES string of the molecule is CCCCCC1=NC=C(N=C(N)N)S1=O. The first kappa shape index (κ1) is 11.9. The number of hydrogen-bond acceptors (Lipinski definition) is 3. The second kappa shape index (κ2) is 5.65. The molecule has 0 spiro atoms. The van der Waals surface area contributed by atoms with Gasteiger partial charge in [0.05, 0.1) is 6.20 Å². The average Bonchev–Trinajstić information content (AvgIpc) is 2.49. The van der Waals surface area contributed by atoms with E-state index in [1.807, 2.05) is 0 Å². The number of unbranched alkanes of at least 4 members (excludes halogenated alkanes) is 2. The highest BCUT2D eigenvalue weighted by Gasteiger charge is 2.19. The second-order valence-corrected chi connectivity index (χ2v) is 4.68. The van der Waals surface area contributed by atoms with Crippen LogP contribution < -0.4 is 11.5 Å². The van der Waals surface area contributed by atoms with Gasteiger partial charge in [0.25, 0.3) is 0 Å². The van der Waals surface area contributed by atoms with E-state index in [1.165, 1.54) is 6.20 Å². The molecule has 0 aromatic carbocycles. The molecule has 4 N–H and O–H groups in total. The van der Waals surface area contributed by atoms with Crippen molar-refractivity contribution in [3.63, 3.8) is 0 Å². The summed E-state index contributed by atoms with van der Waals surface area (Å²) >= 11 is 0. The van der Waals surface area contributed by atoms with Crippen molar-refractivity contribution in [2.45, 2.75) is 32.6 Å². The Bertz CT molecular complexity index is 342. The van der Waals surface area contributed by atoms with E-state index in [2.05, 4.69) is 16.9 Å². The normalized spacial score (nSPS) is 19.7. The smallest absolute Gasteiger partial charge is 0.191 e. The molecule has 1 aliphatic rings. The molecule has 0 aromatic rings. The van der Waals surface area contributed by atoms with Gasteiger partial charge < -0.3 is 11.5 Å². The van der Waals surface area contributed by atoms with E-state index in [0.717, 1.165) is 25.7 Å². The van der Waals surface area contributed by atoms with Crippen LogP contribution in [0, 0.1) is 0 Å². The summed E-state index contributed by atoms with van der Waals surface area (Å²) in [4.78, 5) is 7.81. The lowest BCUT2D eigenvalue weighted by Gasteiger charge is -1.99.